The Bertz CT molecular complexity index is 457. The highest BCUT2D eigenvalue weighted by atomic mass is 15.0. The molecule has 0 radical (unpaired) electrons. The lowest BCUT2D eigenvalue weighted by molar-refractivity contribution is 0.533. The summed E-state index contributed by atoms with van der Waals surface area (Å²) < 4.78 is 2.19. The van der Waals surface area contributed by atoms with E-state index in [1.807, 2.05) is 6.33 Å². The number of rotatable bonds is 3. The second-order valence-electron chi connectivity index (χ2n) is 4.32. The van der Waals surface area contributed by atoms with Gasteiger partial charge in [-0.2, -0.15) is 0 Å². The molecule has 0 aliphatic heterocycles. The lowest BCUT2D eigenvalue weighted by Gasteiger charge is -2.07. The molecule has 1 aromatic carbocycles. The zero-order valence-corrected chi connectivity index (χ0v) is 9.27. The standard InChI is InChI=1S/C12H17N3/c1-9(2)7-15-8-14-11-5-10(6-13)3-4-12(11)15/h3-5,8-9H,6-7,13H2,1-2H3. The number of imidazole rings is 1. The Kier molecular flexibility index (Phi) is 2.73. The Labute approximate surface area is 89.9 Å². The third kappa shape index (κ3) is 2.02. The number of nitrogens with two attached hydrogens (primary N) is 1. The maximum absolute atomic E-state index is 5.59. The molecule has 80 valence electrons. The van der Waals surface area contributed by atoms with Crippen LogP contribution in [0.4, 0.5) is 0 Å². The largest absolute Gasteiger partial charge is 0.330 e. The Morgan fingerprint density at radius 2 is 2.20 bits per heavy atom. The van der Waals surface area contributed by atoms with Crippen LogP contribution >= 0.6 is 0 Å². The first-order valence-electron chi connectivity index (χ1n) is 5.34. The van der Waals surface area contributed by atoms with Crippen LogP contribution in [0.1, 0.15) is 19.4 Å². The summed E-state index contributed by atoms with van der Waals surface area (Å²) in [7, 11) is 0. The molecule has 0 aliphatic carbocycles. The van der Waals surface area contributed by atoms with Crippen molar-refractivity contribution in [2.45, 2.75) is 26.9 Å². The second-order valence-corrected chi connectivity index (χ2v) is 4.32. The summed E-state index contributed by atoms with van der Waals surface area (Å²) in [4.78, 5) is 4.39. The molecule has 0 bridgehead atoms. The molecule has 0 saturated carbocycles. The average Bonchev–Trinajstić information content (AvgIpc) is 2.60. The number of hydrogen-bond acceptors (Lipinski definition) is 2. The monoisotopic (exact) mass is 203 g/mol. The van der Waals surface area contributed by atoms with Crippen LogP contribution in [0.15, 0.2) is 24.5 Å². The molecular weight excluding hydrogens is 186 g/mol. The quantitative estimate of drug-likeness (QED) is 0.830. The van der Waals surface area contributed by atoms with Gasteiger partial charge in [0.1, 0.15) is 0 Å². The lowest BCUT2D eigenvalue weighted by Crippen LogP contribution is -2.02. The predicted octanol–water partition coefficient (Wildman–Crippen LogP) is 2.15. The van der Waals surface area contributed by atoms with Gasteiger partial charge < -0.3 is 10.3 Å². The fourth-order valence-corrected chi connectivity index (χ4v) is 1.78. The molecule has 0 atom stereocenters. The molecule has 0 spiro atoms. The first-order chi connectivity index (χ1) is 7.20. The normalized spacial score (nSPS) is 11.5. The fraction of sp³-hybridized carbons (Fsp3) is 0.417. The summed E-state index contributed by atoms with van der Waals surface area (Å²) in [6.07, 6.45) is 1.91. The summed E-state index contributed by atoms with van der Waals surface area (Å²) in [5, 5.41) is 0. The van der Waals surface area contributed by atoms with Crippen LogP contribution in [0.2, 0.25) is 0 Å². The molecule has 2 rings (SSSR count). The highest BCUT2D eigenvalue weighted by molar-refractivity contribution is 5.76. The fourth-order valence-electron chi connectivity index (χ4n) is 1.78. The number of nitrogens with zero attached hydrogens (tertiary/aromatic N) is 2. The van der Waals surface area contributed by atoms with Gasteiger partial charge in [0.05, 0.1) is 17.4 Å². The van der Waals surface area contributed by atoms with E-state index in [1.54, 1.807) is 0 Å². The zero-order chi connectivity index (χ0) is 10.8. The average molecular weight is 203 g/mol. The van der Waals surface area contributed by atoms with Gasteiger partial charge in [0.2, 0.25) is 0 Å². The van der Waals surface area contributed by atoms with Crippen LogP contribution in [-0.2, 0) is 13.1 Å². The van der Waals surface area contributed by atoms with E-state index in [1.165, 1.54) is 5.52 Å². The maximum atomic E-state index is 5.59. The molecule has 0 amide bonds. The van der Waals surface area contributed by atoms with Crippen molar-refractivity contribution in [3.8, 4) is 0 Å². The Morgan fingerprint density at radius 1 is 1.40 bits per heavy atom. The highest BCUT2D eigenvalue weighted by Crippen LogP contribution is 2.15. The van der Waals surface area contributed by atoms with Crippen molar-refractivity contribution in [1.29, 1.82) is 0 Å². The molecule has 3 heteroatoms. The van der Waals surface area contributed by atoms with Gasteiger partial charge in [-0.25, -0.2) is 4.98 Å². The molecule has 2 N–H and O–H groups in total. The molecule has 0 aliphatic rings. The molecule has 3 nitrogen and oxygen atoms in total. The number of aromatic nitrogens is 2. The van der Waals surface area contributed by atoms with Gasteiger partial charge in [0.25, 0.3) is 0 Å². The summed E-state index contributed by atoms with van der Waals surface area (Å²) in [5.41, 5.74) is 8.97. The van der Waals surface area contributed by atoms with Crippen LogP contribution in [0.25, 0.3) is 11.0 Å². The Hall–Kier alpha value is -1.35. The van der Waals surface area contributed by atoms with Crippen molar-refractivity contribution in [1.82, 2.24) is 9.55 Å². The van der Waals surface area contributed by atoms with E-state index < -0.39 is 0 Å². The summed E-state index contributed by atoms with van der Waals surface area (Å²) in [5.74, 6) is 0.636. The minimum atomic E-state index is 0.576. The molecule has 0 saturated heterocycles. The van der Waals surface area contributed by atoms with Crippen LogP contribution in [-0.4, -0.2) is 9.55 Å². The van der Waals surface area contributed by atoms with E-state index >= 15 is 0 Å². The lowest BCUT2D eigenvalue weighted by atomic mass is 10.2. The van der Waals surface area contributed by atoms with Gasteiger partial charge in [0.15, 0.2) is 0 Å². The van der Waals surface area contributed by atoms with Crippen molar-refractivity contribution >= 4 is 11.0 Å². The molecule has 15 heavy (non-hydrogen) atoms. The molecule has 0 unspecified atom stereocenters. The molecule has 1 heterocycles. The number of hydrogen-bond donors (Lipinski definition) is 1. The molecule has 0 fully saturated rings. The Morgan fingerprint density at radius 3 is 2.87 bits per heavy atom. The maximum Gasteiger partial charge on any atom is 0.0958 e. The van der Waals surface area contributed by atoms with E-state index in [0.29, 0.717) is 12.5 Å². The predicted molar refractivity (Wildman–Crippen MR) is 62.5 cm³/mol. The van der Waals surface area contributed by atoms with E-state index in [0.717, 1.165) is 17.6 Å². The van der Waals surface area contributed by atoms with Gasteiger partial charge in [0, 0.05) is 13.1 Å². The van der Waals surface area contributed by atoms with Gasteiger partial charge >= 0.3 is 0 Å². The van der Waals surface area contributed by atoms with Crippen molar-refractivity contribution in [3.05, 3.63) is 30.1 Å². The topological polar surface area (TPSA) is 43.8 Å². The van der Waals surface area contributed by atoms with Crippen molar-refractivity contribution in [3.63, 3.8) is 0 Å². The smallest absolute Gasteiger partial charge is 0.0958 e. The summed E-state index contributed by atoms with van der Waals surface area (Å²) in [6, 6.07) is 6.24. The number of fused-ring (bicyclic) bond motifs is 1. The van der Waals surface area contributed by atoms with E-state index in [2.05, 4.69) is 41.6 Å². The van der Waals surface area contributed by atoms with Crippen LogP contribution in [0.3, 0.4) is 0 Å². The van der Waals surface area contributed by atoms with Crippen molar-refractivity contribution in [2.75, 3.05) is 0 Å². The minimum Gasteiger partial charge on any atom is -0.330 e. The molecular formula is C12H17N3. The first kappa shape index (κ1) is 10.2. The van der Waals surface area contributed by atoms with Crippen LogP contribution in [0, 0.1) is 5.92 Å². The van der Waals surface area contributed by atoms with Crippen molar-refractivity contribution in [2.24, 2.45) is 11.7 Å². The molecule has 2 aromatic rings. The second kappa shape index (κ2) is 4.03. The highest BCUT2D eigenvalue weighted by Gasteiger charge is 2.04. The third-order valence-electron chi connectivity index (χ3n) is 2.48. The number of benzene rings is 1. The third-order valence-corrected chi connectivity index (χ3v) is 2.48. The van der Waals surface area contributed by atoms with E-state index in [-0.39, 0.29) is 0 Å². The van der Waals surface area contributed by atoms with E-state index in [9.17, 15) is 0 Å². The van der Waals surface area contributed by atoms with Gasteiger partial charge in [-0.05, 0) is 23.6 Å². The summed E-state index contributed by atoms with van der Waals surface area (Å²) in [6.45, 7) is 6.01. The SMILES string of the molecule is CC(C)Cn1cnc2cc(CN)ccc21. The van der Waals surface area contributed by atoms with E-state index in [4.69, 9.17) is 5.73 Å². The van der Waals surface area contributed by atoms with Gasteiger partial charge in [-0.15, -0.1) is 0 Å². The van der Waals surface area contributed by atoms with Crippen molar-refractivity contribution < 1.29 is 0 Å². The van der Waals surface area contributed by atoms with Gasteiger partial charge in [-0.1, -0.05) is 19.9 Å². The summed E-state index contributed by atoms with van der Waals surface area (Å²) >= 11 is 0. The minimum absolute atomic E-state index is 0.576. The van der Waals surface area contributed by atoms with Gasteiger partial charge in [-0.3, -0.25) is 0 Å². The van der Waals surface area contributed by atoms with Crippen LogP contribution in [0.5, 0.6) is 0 Å². The zero-order valence-electron chi connectivity index (χ0n) is 9.27. The first-order valence-corrected chi connectivity index (χ1v) is 5.34. The molecule has 1 aromatic heterocycles. The Balaban J connectivity index is 2.43. The van der Waals surface area contributed by atoms with Crippen LogP contribution < -0.4 is 5.73 Å².